The van der Waals surface area contributed by atoms with Crippen molar-refractivity contribution in [3.63, 3.8) is 0 Å². The molecule has 0 saturated carbocycles. The van der Waals surface area contributed by atoms with Gasteiger partial charge in [-0.3, -0.25) is 0 Å². The highest BCUT2D eigenvalue weighted by atomic mass is 31.2. The van der Waals surface area contributed by atoms with Gasteiger partial charge in [0, 0.05) is 21.3 Å². The Labute approximate surface area is 185 Å². The normalized spacial score (nSPS) is 14.1. The Morgan fingerprint density at radius 2 is 1.10 bits per heavy atom. The molecule has 2 heteroatoms. The predicted octanol–water partition coefficient (Wildman–Crippen LogP) is 6.41. The Hall–Kier alpha value is -2.89. The highest BCUT2D eigenvalue weighted by Gasteiger charge is 2.41. The summed E-state index contributed by atoms with van der Waals surface area (Å²) in [6, 6.07) is 35.2. The maximum Gasteiger partial charge on any atom is 0.171 e. The number of hydrogen-bond acceptors (Lipinski definition) is 1. The monoisotopic (exact) mass is 422 g/mol. The summed E-state index contributed by atoms with van der Waals surface area (Å²) in [5.41, 5.74) is 5.31. The molecule has 0 heterocycles. The fraction of sp³-hybridized carbons (Fsp3) is 0.172. The zero-order valence-corrected chi connectivity index (χ0v) is 19.0. The first-order valence-corrected chi connectivity index (χ1v) is 12.8. The molecule has 0 amide bonds. The summed E-state index contributed by atoms with van der Waals surface area (Å²) in [5.74, 6) is 0. The molecule has 0 aromatic heterocycles. The topological polar surface area (TPSA) is 17.1 Å². The van der Waals surface area contributed by atoms with Crippen LogP contribution in [0.1, 0.15) is 37.8 Å². The molecule has 1 aliphatic rings. The lowest BCUT2D eigenvalue weighted by Crippen LogP contribution is -2.28. The number of hydrogen-bond donors (Lipinski definition) is 0. The van der Waals surface area contributed by atoms with Crippen LogP contribution in [0.4, 0.5) is 0 Å². The van der Waals surface area contributed by atoms with E-state index in [2.05, 4.69) is 56.3 Å². The van der Waals surface area contributed by atoms with Gasteiger partial charge in [0.1, 0.15) is 0 Å². The first-order chi connectivity index (χ1) is 15.1. The van der Waals surface area contributed by atoms with Gasteiger partial charge in [-0.15, -0.1) is 0 Å². The van der Waals surface area contributed by atoms with Crippen LogP contribution >= 0.6 is 7.14 Å². The van der Waals surface area contributed by atoms with Gasteiger partial charge in [-0.1, -0.05) is 111 Å². The van der Waals surface area contributed by atoms with Gasteiger partial charge in [-0.25, -0.2) is 0 Å². The Bertz CT molecular complexity index is 1230. The Kier molecular flexibility index (Phi) is 4.95. The van der Waals surface area contributed by atoms with E-state index in [1.807, 2.05) is 60.7 Å². The number of benzene rings is 4. The first kappa shape index (κ1) is 20.0. The van der Waals surface area contributed by atoms with Gasteiger partial charge >= 0.3 is 0 Å². The van der Waals surface area contributed by atoms with Crippen molar-refractivity contribution in [3.05, 3.63) is 114 Å². The quantitative estimate of drug-likeness (QED) is 0.340. The molecule has 0 bridgehead atoms. The summed E-state index contributed by atoms with van der Waals surface area (Å²) >= 11 is 0. The predicted molar refractivity (Wildman–Crippen MR) is 133 cm³/mol. The SMILES string of the molecule is CCC1(CC)c2ccccc2-c2ccc(P(=O)(c3ccccc3)c3ccccc3)cc21. The molecule has 0 saturated heterocycles. The van der Waals surface area contributed by atoms with Crippen LogP contribution in [0.15, 0.2) is 103 Å². The van der Waals surface area contributed by atoms with Crippen LogP contribution in [0.25, 0.3) is 11.1 Å². The second-order valence-corrected chi connectivity index (χ2v) is 11.1. The highest BCUT2D eigenvalue weighted by molar-refractivity contribution is 7.85. The van der Waals surface area contributed by atoms with Crippen LogP contribution < -0.4 is 15.9 Å². The summed E-state index contributed by atoms with van der Waals surface area (Å²) in [6.07, 6.45) is 2.05. The summed E-state index contributed by atoms with van der Waals surface area (Å²) in [7, 11) is -2.98. The molecule has 0 atom stereocenters. The lowest BCUT2D eigenvalue weighted by Gasteiger charge is -2.30. The van der Waals surface area contributed by atoms with Crippen molar-refractivity contribution >= 4 is 23.1 Å². The van der Waals surface area contributed by atoms with Crippen LogP contribution in [0.3, 0.4) is 0 Å². The molecular weight excluding hydrogens is 395 g/mol. The average molecular weight is 423 g/mol. The minimum absolute atomic E-state index is 0.0276. The summed E-state index contributed by atoms with van der Waals surface area (Å²) in [4.78, 5) is 0. The van der Waals surface area contributed by atoms with Crippen molar-refractivity contribution < 1.29 is 4.57 Å². The van der Waals surface area contributed by atoms with E-state index in [0.29, 0.717) is 0 Å². The standard InChI is InChI=1S/C29H27OP/c1-3-29(4-2)27-18-12-11-17-25(27)26-20-19-24(21-28(26)29)31(30,22-13-7-5-8-14-22)23-15-9-6-10-16-23/h5-21H,3-4H2,1-2H3. The van der Waals surface area contributed by atoms with Gasteiger partial charge in [0.25, 0.3) is 0 Å². The molecule has 1 nitrogen and oxygen atoms in total. The van der Waals surface area contributed by atoms with Crippen molar-refractivity contribution in [3.8, 4) is 11.1 Å². The molecule has 0 spiro atoms. The summed E-state index contributed by atoms with van der Waals surface area (Å²) in [5, 5.41) is 2.69. The molecule has 31 heavy (non-hydrogen) atoms. The second kappa shape index (κ2) is 7.66. The first-order valence-electron chi connectivity index (χ1n) is 11.1. The smallest absolute Gasteiger partial charge is 0.171 e. The second-order valence-electron chi connectivity index (χ2n) is 8.35. The van der Waals surface area contributed by atoms with Crippen molar-refractivity contribution in [2.45, 2.75) is 32.1 Å². The van der Waals surface area contributed by atoms with Crippen molar-refractivity contribution in [2.24, 2.45) is 0 Å². The molecule has 5 rings (SSSR count). The lowest BCUT2D eigenvalue weighted by molar-refractivity contribution is 0.490. The van der Waals surface area contributed by atoms with Gasteiger partial charge < -0.3 is 4.57 Å². The third-order valence-corrected chi connectivity index (χ3v) is 10.1. The fourth-order valence-electron chi connectivity index (χ4n) is 5.37. The Balaban J connectivity index is 1.79. The van der Waals surface area contributed by atoms with E-state index in [9.17, 15) is 4.57 Å². The number of rotatable bonds is 5. The highest BCUT2D eigenvalue weighted by Crippen LogP contribution is 2.53. The minimum Gasteiger partial charge on any atom is -0.309 e. The van der Waals surface area contributed by atoms with Crippen molar-refractivity contribution in [2.75, 3.05) is 0 Å². The van der Waals surface area contributed by atoms with Crippen LogP contribution in [0, 0.1) is 0 Å². The molecule has 0 N–H and O–H groups in total. The van der Waals surface area contributed by atoms with E-state index in [4.69, 9.17) is 0 Å². The van der Waals surface area contributed by atoms with E-state index in [1.54, 1.807) is 0 Å². The van der Waals surface area contributed by atoms with Crippen molar-refractivity contribution in [1.82, 2.24) is 0 Å². The molecule has 154 valence electrons. The molecular formula is C29H27OP. The largest absolute Gasteiger partial charge is 0.309 e. The average Bonchev–Trinajstić information content (AvgIpc) is 3.14. The number of fused-ring (bicyclic) bond motifs is 3. The van der Waals surface area contributed by atoms with E-state index < -0.39 is 7.14 Å². The van der Waals surface area contributed by atoms with Gasteiger partial charge in [0.05, 0.1) is 0 Å². The van der Waals surface area contributed by atoms with Crippen LogP contribution in [0.5, 0.6) is 0 Å². The lowest BCUT2D eigenvalue weighted by atomic mass is 9.74. The summed E-state index contributed by atoms with van der Waals surface area (Å²) in [6.45, 7) is 4.55. The zero-order valence-electron chi connectivity index (χ0n) is 18.1. The third kappa shape index (κ3) is 2.87. The molecule has 0 radical (unpaired) electrons. The van der Waals surface area contributed by atoms with Gasteiger partial charge in [-0.05, 0) is 41.2 Å². The van der Waals surface area contributed by atoms with E-state index in [0.717, 1.165) is 28.8 Å². The van der Waals surface area contributed by atoms with Gasteiger partial charge in [-0.2, -0.15) is 0 Å². The minimum atomic E-state index is -2.98. The summed E-state index contributed by atoms with van der Waals surface area (Å²) < 4.78 is 14.9. The maximum absolute atomic E-state index is 14.9. The molecule has 0 fully saturated rings. The fourth-order valence-corrected chi connectivity index (χ4v) is 8.05. The Morgan fingerprint density at radius 3 is 1.68 bits per heavy atom. The van der Waals surface area contributed by atoms with Crippen LogP contribution in [0.2, 0.25) is 0 Å². The van der Waals surface area contributed by atoms with Crippen molar-refractivity contribution in [1.29, 1.82) is 0 Å². The van der Waals surface area contributed by atoms with E-state index >= 15 is 0 Å². The molecule has 0 aliphatic heterocycles. The van der Waals surface area contributed by atoms with E-state index in [1.165, 1.54) is 22.3 Å². The maximum atomic E-state index is 14.9. The molecule has 4 aromatic rings. The molecule has 0 unspecified atom stereocenters. The molecule has 1 aliphatic carbocycles. The zero-order chi connectivity index (χ0) is 21.5. The van der Waals surface area contributed by atoms with E-state index in [-0.39, 0.29) is 5.41 Å². The van der Waals surface area contributed by atoms with Gasteiger partial charge in [0.2, 0.25) is 0 Å². The van der Waals surface area contributed by atoms with Crippen LogP contribution in [-0.2, 0) is 9.98 Å². The third-order valence-electron chi connectivity index (χ3n) is 7.06. The van der Waals surface area contributed by atoms with Crippen LogP contribution in [-0.4, -0.2) is 0 Å². The Morgan fingerprint density at radius 1 is 0.581 bits per heavy atom. The van der Waals surface area contributed by atoms with Gasteiger partial charge in [0.15, 0.2) is 7.14 Å². The molecule has 4 aromatic carbocycles.